The van der Waals surface area contributed by atoms with E-state index in [1.54, 1.807) is 0 Å². The molecule has 1 aromatic heterocycles. The van der Waals surface area contributed by atoms with Gasteiger partial charge < -0.3 is 9.47 Å². The van der Waals surface area contributed by atoms with Crippen molar-refractivity contribution in [2.45, 2.75) is 123 Å². The number of benzene rings is 2. The third kappa shape index (κ3) is 7.71. The summed E-state index contributed by atoms with van der Waals surface area (Å²) in [6.45, 7) is 6.08. The maximum Gasteiger partial charge on any atom is 0.227 e. The molecule has 0 bridgehead atoms. The standard InChI is InChI=1S/C34H49N3O/c1-3-4-5-6-7-8-9-10-11-12-13-14-15-20-25-36-32-24-19-17-22-30(32)35-34(36)29-26-33(38)37(27-29)31-23-18-16-21-28(31)2/h16-19,21-24,29H,3-15,20,25-27H2,1-2H3/t29-/m1/s1. The predicted molar refractivity (Wildman–Crippen MR) is 161 cm³/mol. The Morgan fingerprint density at radius 2 is 1.34 bits per heavy atom. The van der Waals surface area contributed by atoms with Crippen molar-refractivity contribution in [1.29, 1.82) is 0 Å². The van der Waals surface area contributed by atoms with Gasteiger partial charge in [0, 0.05) is 31.1 Å². The van der Waals surface area contributed by atoms with Crippen LogP contribution in [-0.2, 0) is 11.3 Å². The van der Waals surface area contributed by atoms with E-state index in [0.29, 0.717) is 13.0 Å². The van der Waals surface area contributed by atoms with Gasteiger partial charge in [0.05, 0.1) is 11.0 Å². The minimum Gasteiger partial charge on any atom is -0.328 e. The average Bonchev–Trinajstić information content (AvgIpc) is 3.49. The number of hydrogen-bond acceptors (Lipinski definition) is 2. The molecule has 1 amide bonds. The van der Waals surface area contributed by atoms with Gasteiger partial charge in [0.15, 0.2) is 0 Å². The predicted octanol–water partition coefficient (Wildman–Crippen LogP) is 9.35. The van der Waals surface area contributed by atoms with Gasteiger partial charge in [0.1, 0.15) is 5.82 Å². The number of aromatic nitrogens is 2. The van der Waals surface area contributed by atoms with E-state index in [0.717, 1.165) is 29.1 Å². The van der Waals surface area contributed by atoms with E-state index in [4.69, 9.17) is 4.98 Å². The highest BCUT2D eigenvalue weighted by molar-refractivity contribution is 5.97. The van der Waals surface area contributed by atoms with E-state index < -0.39 is 0 Å². The molecule has 0 radical (unpaired) electrons. The summed E-state index contributed by atoms with van der Waals surface area (Å²) >= 11 is 0. The van der Waals surface area contributed by atoms with E-state index >= 15 is 0 Å². The summed E-state index contributed by atoms with van der Waals surface area (Å²) in [5.41, 5.74) is 4.45. The number of hydrogen-bond donors (Lipinski definition) is 0. The van der Waals surface area contributed by atoms with Crippen LogP contribution in [0.2, 0.25) is 0 Å². The number of imidazole rings is 1. The van der Waals surface area contributed by atoms with Crippen LogP contribution in [0.4, 0.5) is 5.69 Å². The summed E-state index contributed by atoms with van der Waals surface area (Å²) in [5.74, 6) is 1.44. The number of anilines is 1. The van der Waals surface area contributed by atoms with E-state index in [2.05, 4.69) is 54.8 Å². The highest BCUT2D eigenvalue weighted by Gasteiger charge is 2.35. The summed E-state index contributed by atoms with van der Waals surface area (Å²) < 4.78 is 2.41. The molecule has 0 saturated carbocycles. The zero-order valence-electron chi connectivity index (χ0n) is 24.0. The Labute approximate surface area is 230 Å². The van der Waals surface area contributed by atoms with E-state index in [9.17, 15) is 4.79 Å². The lowest BCUT2D eigenvalue weighted by Gasteiger charge is -2.19. The first kappa shape index (κ1) is 28.4. The largest absolute Gasteiger partial charge is 0.328 e. The van der Waals surface area contributed by atoms with E-state index in [-0.39, 0.29) is 11.8 Å². The van der Waals surface area contributed by atoms with E-state index in [1.807, 2.05) is 17.0 Å². The van der Waals surface area contributed by atoms with Gasteiger partial charge in [-0.1, -0.05) is 121 Å². The fraction of sp³-hybridized carbons (Fsp3) is 0.588. The maximum atomic E-state index is 13.0. The Morgan fingerprint density at radius 1 is 0.763 bits per heavy atom. The fourth-order valence-electron chi connectivity index (χ4n) is 6.08. The fourth-order valence-corrected chi connectivity index (χ4v) is 6.08. The maximum absolute atomic E-state index is 13.0. The number of nitrogens with zero attached hydrogens (tertiary/aromatic N) is 3. The van der Waals surface area contributed by atoms with Crippen LogP contribution in [0.5, 0.6) is 0 Å². The number of carbonyl (C=O) groups excluding carboxylic acids is 1. The van der Waals surface area contributed by atoms with Gasteiger partial charge >= 0.3 is 0 Å². The van der Waals surface area contributed by atoms with Gasteiger partial charge in [0.25, 0.3) is 0 Å². The molecule has 1 saturated heterocycles. The Kier molecular flexibility index (Phi) is 11.3. The minimum atomic E-state index is 0.140. The number of amides is 1. The number of rotatable bonds is 17. The number of aryl methyl sites for hydroxylation is 2. The lowest BCUT2D eigenvalue weighted by atomic mass is 10.0. The molecule has 0 spiro atoms. The summed E-state index contributed by atoms with van der Waals surface area (Å²) in [6.07, 6.45) is 19.8. The molecule has 2 heterocycles. The van der Waals surface area contributed by atoms with Crippen LogP contribution in [0.3, 0.4) is 0 Å². The molecule has 0 unspecified atom stereocenters. The Bertz CT molecular complexity index is 1130. The van der Waals surface area contributed by atoms with Crippen LogP contribution in [0.1, 0.15) is 121 Å². The van der Waals surface area contributed by atoms with Crippen molar-refractivity contribution in [2.24, 2.45) is 0 Å². The topological polar surface area (TPSA) is 38.1 Å². The molecule has 1 aliphatic heterocycles. The molecule has 0 N–H and O–H groups in total. The summed E-state index contributed by atoms with van der Waals surface area (Å²) in [5, 5.41) is 0. The Balaban J connectivity index is 1.23. The van der Waals surface area contributed by atoms with Crippen LogP contribution < -0.4 is 4.90 Å². The quantitative estimate of drug-likeness (QED) is 0.168. The molecular weight excluding hydrogens is 466 g/mol. The molecule has 1 aliphatic rings. The molecule has 1 fully saturated rings. The molecule has 4 rings (SSSR count). The molecule has 206 valence electrons. The van der Waals surface area contributed by atoms with Crippen molar-refractivity contribution in [3.8, 4) is 0 Å². The van der Waals surface area contributed by atoms with Crippen LogP contribution in [-0.4, -0.2) is 22.0 Å². The Hall–Kier alpha value is -2.62. The van der Waals surface area contributed by atoms with Crippen molar-refractivity contribution >= 4 is 22.6 Å². The number of para-hydroxylation sites is 3. The SMILES string of the molecule is CCCCCCCCCCCCCCCCn1c([C@@H]2CC(=O)N(c3ccccc3C)C2)nc2ccccc21. The van der Waals surface area contributed by atoms with Gasteiger partial charge in [-0.2, -0.15) is 0 Å². The van der Waals surface area contributed by atoms with Gasteiger partial charge in [-0.25, -0.2) is 4.98 Å². The molecule has 0 aliphatic carbocycles. The summed E-state index contributed by atoms with van der Waals surface area (Å²) in [6, 6.07) is 16.7. The second kappa shape index (κ2) is 15.1. The zero-order valence-corrected chi connectivity index (χ0v) is 24.0. The van der Waals surface area contributed by atoms with E-state index in [1.165, 1.54) is 95.4 Å². The lowest BCUT2D eigenvalue weighted by molar-refractivity contribution is -0.117. The molecule has 1 atom stereocenters. The van der Waals surface area contributed by atoms with Crippen molar-refractivity contribution < 1.29 is 4.79 Å². The van der Waals surface area contributed by atoms with Gasteiger partial charge in [-0.3, -0.25) is 4.79 Å². The van der Waals surface area contributed by atoms with Crippen molar-refractivity contribution in [1.82, 2.24) is 9.55 Å². The van der Waals surface area contributed by atoms with Crippen LogP contribution >= 0.6 is 0 Å². The number of unbranched alkanes of at least 4 members (excludes halogenated alkanes) is 13. The summed E-state index contributed by atoms with van der Waals surface area (Å²) in [4.78, 5) is 20.0. The second-order valence-electron chi connectivity index (χ2n) is 11.4. The average molecular weight is 516 g/mol. The highest BCUT2D eigenvalue weighted by atomic mass is 16.2. The lowest BCUT2D eigenvalue weighted by Crippen LogP contribution is -2.25. The van der Waals surface area contributed by atoms with Gasteiger partial charge in [0.2, 0.25) is 5.91 Å². The minimum absolute atomic E-state index is 0.140. The molecule has 4 nitrogen and oxygen atoms in total. The third-order valence-corrected chi connectivity index (χ3v) is 8.32. The monoisotopic (exact) mass is 515 g/mol. The number of fused-ring (bicyclic) bond motifs is 1. The normalized spacial score (nSPS) is 15.7. The van der Waals surface area contributed by atoms with Crippen LogP contribution in [0.25, 0.3) is 11.0 Å². The first-order valence-electron chi connectivity index (χ1n) is 15.5. The first-order valence-corrected chi connectivity index (χ1v) is 15.5. The van der Waals surface area contributed by atoms with Crippen LogP contribution in [0.15, 0.2) is 48.5 Å². The smallest absolute Gasteiger partial charge is 0.227 e. The van der Waals surface area contributed by atoms with Crippen molar-refractivity contribution in [2.75, 3.05) is 11.4 Å². The molecule has 4 heteroatoms. The summed E-state index contributed by atoms with van der Waals surface area (Å²) in [7, 11) is 0. The van der Waals surface area contributed by atoms with Gasteiger partial charge in [-0.05, 0) is 37.1 Å². The highest BCUT2D eigenvalue weighted by Crippen LogP contribution is 2.34. The third-order valence-electron chi connectivity index (χ3n) is 8.32. The Morgan fingerprint density at radius 3 is 2.00 bits per heavy atom. The molecule has 38 heavy (non-hydrogen) atoms. The second-order valence-corrected chi connectivity index (χ2v) is 11.4. The zero-order chi connectivity index (χ0) is 26.6. The first-order chi connectivity index (χ1) is 18.7. The molecule has 2 aromatic carbocycles. The number of carbonyl (C=O) groups is 1. The van der Waals surface area contributed by atoms with Gasteiger partial charge in [-0.15, -0.1) is 0 Å². The van der Waals surface area contributed by atoms with Crippen LogP contribution in [0, 0.1) is 6.92 Å². The van der Waals surface area contributed by atoms with Crippen molar-refractivity contribution in [3.05, 3.63) is 59.9 Å². The molecular formula is C34H49N3O. The molecule has 3 aromatic rings. The van der Waals surface area contributed by atoms with Crippen molar-refractivity contribution in [3.63, 3.8) is 0 Å².